The number of fused-ring (bicyclic) bond motifs is 1. The zero-order valence-corrected chi connectivity index (χ0v) is 18.5. The van der Waals surface area contributed by atoms with Gasteiger partial charge in [-0.25, -0.2) is 0 Å². The van der Waals surface area contributed by atoms with Gasteiger partial charge in [-0.1, -0.05) is 27.9 Å². The molecule has 2 aliphatic heterocycles. The third kappa shape index (κ3) is 4.59. The molecule has 0 saturated carbocycles. The molecule has 10 heteroatoms. The Balaban J connectivity index is 1.38. The van der Waals surface area contributed by atoms with E-state index in [4.69, 9.17) is 11.6 Å². The van der Waals surface area contributed by atoms with E-state index in [9.17, 15) is 13.6 Å². The van der Waals surface area contributed by atoms with Gasteiger partial charge >= 0.3 is 0 Å². The summed E-state index contributed by atoms with van der Waals surface area (Å²) in [5, 5.41) is 12.4. The van der Waals surface area contributed by atoms with Crippen molar-refractivity contribution in [2.75, 3.05) is 25.9 Å². The molecule has 2 aliphatic rings. The number of aryl methyl sites for hydroxylation is 1. The quantitative estimate of drug-likeness (QED) is 0.677. The van der Waals surface area contributed by atoms with Crippen LogP contribution in [0.3, 0.4) is 0 Å². The molecule has 1 N–H and O–H groups in total. The van der Waals surface area contributed by atoms with Crippen LogP contribution in [0.5, 0.6) is 0 Å². The number of nitrogens with one attached hydrogen (secondary N) is 1. The summed E-state index contributed by atoms with van der Waals surface area (Å²) in [7, 11) is -3.17. The lowest BCUT2D eigenvalue weighted by Crippen LogP contribution is -2.41. The lowest BCUT2D eigenvalue weighted by atomic mass is 9.97. The molecule has 2 unspecified atom stereocenters. The van der Waals surface area contributed by atoms with Crippen LogP contribution in [0.2, 0.25) is 5.02 Å². The number of benzene rings is 1. The fourth-order valence-corrected chi connectivity index (χ4v) is 5.31. The van der Waals surface area contributed by atoms with Crippen LogP contribution < -0.4 is 5.32 Å². The third-order valence-electron chi connectivity index (χ3n) is 5.96. The lowest BCUT2D eigenvalue weighted by Gasteiger charge is -2.32. The van der Waals surface area contributed by atoms with Gasteiger partial charge in [-0.15, -0.1) is 14.5 Å². The van der Waals surface area contributed by atoms with Crippen LogP contribution in [0.25, 0.3) is 0 Å². The molecule has 162 valence electrons. The number of sulfonamides is 1. The average Bonchev–Trinajstić information content (AvgIpc) is 3.31. The highest BCUT2D eigenvalue weighted by atomic mass is 35.5. The zero-order chi connectivity index (χ0) is 21.3. The summed E-state index contributed by atoms with van der Waals surface area (Å²) >= 11 is 5.91. The van der Waals surface area contributed by atoms with Gasteiger partial charge in [0.1, 0.15) is 34.3 Å². The number of aromatic nitrogens is 3. The van der Waals surface area contributed by atoms with Gasteiger partial charge in [0.2, 0.25) is 5.91 Å². The van der Waals surface area contributed by atoms with Gasteiger partial charge in [-0.05, 0) is 43.4 Å². The van der Waals surface area contributed by atoms with E-state index < -0.39 is 10.4 Å². The molecule has 1 fully saturated rings. The van der Waals surface area contributed by atoms with E-state index in [1.165, 1.54) is 10.6 Å². The summed E-state index contributed by atoms with van der Waals surface area (Å²) in [6.07, 6.45) is 4.80. The van der Waals surface area contributed by atoms with E-state index >= 15 is 0 Å². The van der Waals surface area contributed by atoms with E-state index in [0.717, 1.165) is 30.1 Å². The first kappa shape index (κ1) is 21.4. The molecule has 0 aliphatic carbocycles. The maximum Gasteiger partial charge on any atom is 0.243 e. The van der Waals surface area contributed by atoms with Crippen molar-refractivity contribution < 1.29 is 13.6 Å². The van der Waals surface area contributed by atoms with Gasteiger partial charge < -0.3 is 14.4 Å². The standard InChI is InChI=1S/C20H26ClN5O3S/c1-30(28,29)25-12-9-15(10-13-25)19-24-23-18-7-6-17(26(18)19)20(27)22-11-8-14-2-4-16(21)5-3-14/h2-5,15,17H,6-13H2,1H3,(H-,22,27,28,29). The fraction of sp³-hybridized carbons (Fsp3) is 0.550. The Kier molecular flexibility index (Phi) is 6.24. The van der Waals surface area contributed by atoms with Crippen LogP contribution in [0.15, 0.2) is 24.3 Å². The molecule has 1 aromatic carbocycles. The van der Waals surface area contributed by atoms with E-state index in [1.54, 1.807) is 0 Å². The number of nitrogens with zero attached hydrogens (tertiary/aromatic N) is 4. The molecule has 4 rings (SSSR count). The summed E-state index contributed by atoms with van der Waals surface area (Å²) < 4.78 is 27.0. The molecule has 0 bridgehead atoms. The number of hydrogen-bond donors (Lipinski definition) is 1. The Hall–Kier alpha value is -1.81. The minimum atomic E-state index is -3.17. The Morgan fingerprint density at radius 3 is 2.60 bits per heavy atom. The highest BCUT2D eigenvalue weighted by Gasteiger charge is 2.37. The van der Waals surface area contributed by atoms with Crippen molar-refractivity contribution in [3.8, 4) is 0 Å². The summed E-state index contributed by atoms with van der Waals surface area (Å²) in [5.74, 6) is 1.76. The molecule has 1 aromatic heterocycles. The third-order valence-corrected chi connectivity index (χ3v) is 7.52. The van der Waals surface area contributed by atoms with Gasteiger partial charge in [0.25, 0.3) is 0 Å². The normalized spacial score (nSPS) is 21.9. The molecule has 0 radical (unpaired) electrons. The summed E-state index contributed by atoms with van der Waals surface area (Å²) in [4.78, 5) is 12.9. The summed E-state index contributed by atoms with van der Waals surface area (Å²) in [6.45, 7) is 1.50. The second kappa shape index (κ2) is 8.74. The van der Waals surface area contributed by atoms with Crippen LogP contribution in [-0.2, 0) is 32.2 Å². The predicted octanol–water partition coefficient (Wildman–Crippen LogP) is 2.13. The number of carbonyl (C=O) groups is 1. The van der Waals surface area contributed by atoms with Gasteiger partial charge in [0.15, 0.2) is 0 Å². The van der Waals surface area contributed by atoms with Gasteiger partial charge in [0, 0.05) is 37.0 Å². The first-order chi connectivity index (χ1) is 14.3. The maximum atomic E-state index is 12.9. The molecular weight excluding hydrogens is 426 g/mol. The number of piperidine rings is 1. The Bertz CT molecular complexity index is 950. The average molecular weight is 452 g/mol. The van der Waals surface area contributed by atoms with Crippen molar-refractivity contribution in [2.24, 2.45) is 0 Å². The first-order valence-electron chi connectivity index (χ1n) is 10.2. The maximum absolute atomic E-state index is 12.9. The molecule has 1 amide bonds. The molecule has 3 heterocycles. The first-order valence-corrected chi connectivity index (χ1v) is 12.5. The predicted molar refractivity (Wildman–Crippen MR) is 114 cm³/mol. The van der Waals surface area contributed by atoms with Crippen molar-refractivity contribution in [1.29, 1.82) is 0 Å². The molecule has 2 atom stereocenters. The van der Waals surface area contributed by atoms with E-state index in [0.29, 0.717) is 43.9 Å². The van der Waals surface area contributed by atoms with Crippen molar-refractivity contribution in [3.63, 3.8) is 0 Å². The van der Waals surface area contributed by atoms with Crippen LogP contribution in [0.1, 0.15) is 48.4 Å². The van der Waals surface area contributed by atoms with Crippen LogP contribution in [-0.4, -0.2) is 55.4 Å². The van der Waals surface area contributed by atoms with Crippen molar-refractivity contribution in [3.05, 3.63) is 46.5 Å². The highest BCUT2D eigenvalue weighted by Crippen LogP contribution is 2.34. The second-order valence-corrected chi connectivity index (χ2v) is 10.4. The SMILES string of the molecule is C[S+](=O)([O-])N1CCC(c2nnc3n2C(C(=O)NCCc2ccc(Cl)cc2)CC3)CC1. The Labute approximate surface area is 182 Å². The van der Waals surface area contributed by atoms with Crippen LogP contribution >= 0.6 is 11.6 Å². The Morgan fingerprint density at radius 2 is 1.93 bits per heavy atom. The monoisotopic (exact) mass is 451 g/mol. The van der Waals surface area contributed by atoms with Gasteiger partial charge in [-0.2, -0.15) is 0 Å². The smallest absolute Gasteiger partial charge is 0.243 e. The fourth-order valence-electron chi connectivity index (χ4n) is 4.31. The number of hydrogen-bond acceptors (Lipinski definition) is 5. The summed E-state index contributed by atoms with van der Waals surface area (Å²) in [5.41, 5.74) is 1.12. The molecule has 30 heavy (non-hydrogen) atoms. The van der Waals surface area contributed by atoms with Crippen molar-refractivity contribution >= 4 is 27.9 Å². The largest absolute Gasteiger partial charge is 0.598 e. The minimum absolute atomic E-state index is 0.0164. The zero-order valence-electron chi connectivity index (χ0n) is 16.9. The van der Waals surface area contributed by atoms with E-state index in [2.05, 4.69) is 15.5 Å². The minimum Gasteiger partial charge on any atom is -0.598 e. The summed E-state index contributed by atoms with van der Waals surface area (Å²) in [6, 6.07) is 7.32. The molecule has 2 aromatic rings. The molecule has 0 spiro atoms. The topological polar surface area (TPSA) is 103 Å². The number of rotatable bonds is 6. The van der Waals surface area contributed by atoms with Gasteiger partial charge in [0.05, 0.1) is 0 Å². The number of halogens is 1. The van der Waals surface area contributed by atoms with Crippen LogP contribution in [0, 0.1) is 0 Å². The lowest BCUT2D eigenvalue weighted by molar-refractivity contribution is -0.124. The Morgan fingerprint density at radius 1 is 1.23 bits per heavy atom. The van der Waals surface area contributed by atoms with Gasteiger partial charge in [-0.3, -0.25) is 4.79 Å². The van der Waals surface area contributed by atoms with Crippen molar-refractivity contribution in [1.82, 2.24) is 24.4 Å². The van der Waals surface area contributed by atoms with E-state index in [-0.39, 0.29) is 17.9 Å². The molecule has 1 saturated heterocycles. The van der Waals surface area contributed by atoms with Crippen LogP contribution in [0.4, 0.5) is 0 Å². The second-order valence-electron chi connectivity index (χ2n) is 8.00. The van der Waals surface area contributed by atoms with E-state index in [1.807, 2.05) is 28.8 Å². The number of carbonyl (C=O) groups excluding carboxylic acids is 1. The van der Waals surface area contributed by atoms with Crippen molar-refractivity contribution in [2.45, 2.75) is 44.1 Å². The highest BCUT2D eigenvalue weighted by molar-refractivity contribution is 7.94. The molecular formula is C20H26ClN5O3S. The number of amides is 1. The molecule has 8 nitrogen and oxygen atoms in total.